The number of aryl methyl sites for hydroxylation is 4. The summed E-state index contributed by atoms with van der Waals surface area (Å²) >= 11 is 0. The summed E-state index contributed by atoms with van der Waals surface area (Å²) in [7, 11) is 0. The monoisotopic (exact) mass is 481 g/mol. The number of hydrogen-bond donors (Lipinski definition) is 2. The van der Waals surface area contributed by atoms with E-state index in [4.69, 9.17) is 4.74 Å². The van der Waals surface area contributed by atoms with Crippen LogP contribution in [-0.4, -0.2) is 41.5 Å². The van der Waals surface area contributed by atoms with Gasteiger partial charge in [-0.05, 0) is 71.6 Å². The molecule has 0 spiro atoms. The second-order valence-corrected chi connectivity index (χ2v) is 10.0. The first-order valence-corrected chi connectivity index (χ1v) is 12.0. The van der Waals surface area contributed by atoms with Crippen molar-refractivity contribution in [3.8, 4) is 0 Å². The van der Waals surface area contributed by atoms with Crippen molar-refractivity contribution in [1.82, 2.24) is 10.2 Å². The lowest BCUT2D eigenvalue weighted by atomic mass is 9.98. The quantitative estimate of drug-likeness (QED) is 0.531. The van der Waals surface area contributed by atoms with Crippen LogP contribution < -0.4 is 10.6 Å². The zero-order valence-corrected chi connectivity index (χ0v) is 22.2. The Kier molecular flexibility index (Phi) is 9.46. The average molecular weight is 482 g/mol. The molecule has 0 aliphatic heterocycles. The fourth-order valence-corrected chi connectivity index (χ4v) is 4.05. The maximum Gasteiger partial charge on any atom is 0.408 e. The van der Waals surface area contributed by atoms with Crippen LogP contribution in [0.25, 0.3) is 0 Å². The van der Waals surface area contributed by atoms with E-state index in [1.54, 1.807) is 20.8 Å². The molecule has 7 nitrogen and oxygen atoms in total. The summed E-state index contributed by atoms with van der Waals surface area (Å²) in [6, 6.07) is 10.8. The molecule has 0 aromatic heterocycles. The van der Waals surface area contributed by atoms with Gasteiger partial charge >= 0.3 is 6.09 Å². The molecule has 0 bridgehead atoms. The number of benzene rings is 2. The number of amides is 3. The van der Waals surface area contributed by atoms with Crippen molar-refractivity contribution in [2.24, 2.45) is 0 Å². The average Bonchev–Trinajstić information content (AvgIpc) is 2.72. The summed E-state index contributed by atoms with van der Waals surface area (Å²) in [6.45, 7) is 15.1. The molecule has 0 aliphatic carbocycles. The molecule has 0 heterocycles. The fraction of sp³-hybridized carbons (Fsp3) is 0.464. The summed E-state index contributed by atoms with van der Waals surface area (Å²) in [5, 5.41) is 5.59. The van der Waals surface area contributed by atoms with Crippen LogP contribution in [0.5, 0.6) is 0 Å². The SMILES string of the molecule is CCCN(C(=O)CNC(=O)OC(C)(C)C)C(C(=O)Nc1c(C)cccc1C)c1cc(C)cc(C)c1. The minimum Gasteiger partial charge on any atom is -0.444 e. The molecule has 0 saturated heterocycles. The van der Waals surface area contributed by atoms with Gasteiger partial charge in [0.1, 0.15) is 18.2 Å². The largest absolute Gasteiger partial charge is 0.444 e. The van der Waals surface area contributed by atoms with Gasteiger partial charge in [-0.2, -0.15) is 0 Å². The number of rotatable bonds is 8. The van der Waals surface area contributed by atoms with Crippen molar-refractivity contribution in [2.75, 3.05) is 18.4 Å². The summed E-state index contributed by atoms with van der Waals surface area (Å²) in [5.41, 5.74) is 4.67. The maximum absolute atomic E-state index is 13.8. The van der Waals surface area contributed by atoms with Crippen molar-refractivity contribution >= 4 is 23.6 Å². The number of nitrogens with one attached hydrogen (secondary N) is 2. The van der Waals surface area contributed by atoms with E-state index in [2.05, 4.69) is 10.6 Å². The van der Waals surface area contributed by atoms with Gasteiger partial charge in [-0.15, -0.1) is 0 Å². The minimum atomic E-state index is -0.861. The van der Waals surface area contributed by atoms with Crippen molar-refractivity contribution in [2.45, 2.75) is 73.5 Å². The van der Waals surface area contributed by atoms with E-state index in [1.807, 2.05) is 71.0 Å². The molecule has 1 unspecified atom stereocenters. The van der Waals surface area contributed by atoms with E-state index in [-0.39, 0.29) is 18.4 Å². The van der Waals surface area contributed by atoms with Gasteiger partial charge in [0.05, 0.1) is 0 Å². The minimum absolute atomic E-state index is 0.271. The lowest BCUT2D eigenvalue weighted by molar-refractivity contribution is -0.138. The molecular weight excluding hydrogens is 442 g/mol. The number of carbonyl (C=O) groups is 3. The van der Waals surface area contributed by atoms with Gasteiger partial charge in [0.25, 0.3) is 5.91 Å². The number of carbonyl (C=O) groups excluding carboxylic acids is 3. The maximum atomic E-state index is 13.8. The topological polar surface area (TPSA) is 87.7 Å². The molecule has 0 fully saturated rings. The van der Waals surface area contributed by atoms with E-state index >= 15 is 0 Å². The number of alkyl carbamates (subject to hydrolysis) is 1. The van der Waals surface area contributed by atoms with E-state index < -0.39 is 17.7 Å². The van der Waals surface area contributed by atoms with Gasteiger partial charge in [0.2, 0.25) is 5.91 Å². The highest BCUT2D eigenvalue weighted by atomic mass is 16.6. The first-order valence-electron chi connectivity index (χ1n) is 12.0. The summed E-state index contributed by atoms with van der Waals surface area (Å²) in [5.74, 6) is -0.662. The van der Waals surface area contributed by atoms with Crippen LogP contribution >= 0.6 is 0 Å². The molecule has 0 aliphatic rings. The van der Waals surface area contributed by atoms with Crippen LogP contribution in [0.4, 0.5) is 10.5 Å². The van der Waals surface area contributed by atoms with Gasteiger partial charge in [-0.1, -0.05) is 54.4 Å². The zero-order chi connectivity index (χ0) is 26.3. The highest BCUT2D eigenvalue weighted by Gasteiger charge is 2.32. The molecule has 7 heteroatoms. The Morgan fingerprint density at radius 3 is 2.06 bits per heavy atom. The number of nitrogens with zero attached hydrogens (tertiary/aromatic N) is 1. The third-order valence-corrected chi connectivity index (χ3v) is 5.42. The van der Waals surface area contributed by atoms with Crippen LogP contribution in [0.1, 0.15) is 68.0 Å². The molecule has 0 radical (unpaired) electrons. The molecule has 0 saturated carbocycles. The standard InChI is InChI=1S/C28H39N3O4/c1-9-13-31(23(32)17-29-27(34)35-28(6,7)8)25(22-15-18(2)14-19(3)16-22)26(33)30-24-20(4)11-10-12-21(24)5/h10-12,14-16,25H,9,13,17H2,1-8H3,(H,29,34)(H,30,33). The van der Waals surface area contributed by atoms with Crippen LogP contribution in [0, 0.1) is 27.7 Å². The van der Waals surface area contributed by atoms with Gasteiger partial charge in [-0.25, -0.2) is 4.79 Å². The molecule has 190 valence electrons. The van der Waals surface area contributed by atoms with Crippen molar-refractivity contribution < 1.29 is 19.1 Å². The summed E-state index contributed by atoms with van der Waals surface area (Å²) in [6.07, 6.45) is -0.0268. The highest BCUT2D eigenvalue weighted by Crippen LogP contribution is 2.28. The van der Waals surface area contributed by atoms with E-state index in [1.165, 1.54) is 4.90 Å². The normalized spacial score (nSPS) is 12.0. The number of hydrogen-bond acceptors (Lipinski definition) is 4. The second kappa shape index (κ2) is 11.9. The van der Waals surface area contributed by atoms with Gasteiger partial charge in [0, 0.05) is 12.2 Å². The Morgan fingerprint density at radius 2 is 1.54 bits per heavy atom. The fourth-order valence-electron chi connectivity index (χ4n) is 4.05. The number of ether oxygens (including phenoxy) is 1. The molecule has 1 atom stereocenters. The lowest BCUT2D eigenvalue weighted by Gasteiger charge is -2.32. The Bertz CT molecular complexity index is 1030. The first-order chi connectivity index (χ1) is 16.3. The highest BCUT2D eigenvalue weighted by molar-refractivity contribution is 5.99. The van der Waals surface area contributed by atoms with Gasteiger partial charge in [0.15, 0.2) is 0 Å². The first kappa shape index (κ1) is 27.9. The Labute approximate surface area is 209 Å². The molecule has 2 aromatic carbocycles. The Balaban J connectivity index is 2.42. The predicted molar refractivity (Wildman–Crippen MR) is 139 cm³/mol. The zero-order valence-electron chi connectivity index (χ0n) is 22.2. The number of para-hydroxylation sites is 1. The van der Waals surface area contributed by atoms with Crippen molar-refractivity contribution in [3.63, 3.8) is 0 Å². The summed E-state index contributed by atoms with van der Waals surface area (Å²) < 4.78 is 5.26. The molecule has 2 N–H and O–H groups in total. The molecule has 3 amide bonds. The Hall–Kier alpha value is -3.35. The molecular formula is C28H39N3O4. The number of anilines is 1. The van der Waals surface area contributed by atoms with E-state index in [9.17, 15) is 14.4 Å². The van der Waals surface area contributed by atoms with Gasteiger partial charge in [-0.3, -0.25) is 9.59 Å². The predicted octanol–water partition coefficient (Wildman–Crippen LogP) is 5.36. The molecule has 35 heavy (non-hydrogen) atoms. The van der Waals surface area contributed by atoms with Crippen LogP contribution in [0.15, 0.2) is 36.4 Å². The third kappa shape index (κ3) is 8.12. The van der Waals surface area contributed by atoms with Crippen LogP contribution in [0.3, 0.4) is 0 Å². The van der Waals surface area contributed by atoms with Crippen LogP contribution in [-0.2, 0) is 14.3 Å². The lowest BCUT2D eigenvalue weighted by Crippen LogP contribution is -2.47. The molecule has 2 aromatic rings. The smallest absolute Gasteiger partial charge is 0.408 e. The second-order valence-electron chi connectivity index (χ2n) is 10.0. The van der Waals surface area contributed by atoms with E-state index in [0.29, 0.717) is 13.0 Å². The van der Waals surface area contributed by atoms with E-state index in [0.717, 1.165) is 33.5 Å². The van der Waals surface area contributed by atoms with Crippen molar-refractivity contribution in [3.05, 3.63) is 64.2 Å². The Morgan fingerprint density at radius 1 is 0.971 bits per heavy atom. The van der Waals surface area contributed by atoms with Crippen molar-refractivity contribution in [1.29, 1.82) is 0 Å². The van der Waals surface area contributed by atoms with Crippen LogP contribution in [0.2, 0.25) is 0 Å². The molecule has 2 rings (SSSR count). The van der Waals surface area contributed by atoms with Gasteiger partial charge < -0.3 is 20.3 Å². The third-order valence-electron chi connectivity index (χ3n) is 5.42. The summed E-state index contributed by atoms with van der Waals surface area (Å²) in [4.78, 5) is 40.8.